The number of hydrogen-bond donors (Lipinski definition) is 3. The first-order valence-electron chi connectivity index (χ1n) is 7.35. The number of rotatable bonds is 0. The molecule has 3 rings (SSSR count). The van der Waals surface area contributed by atoms with Gasteiger partial charge in [-0.05, 0) is 24.5 Å². The maximum absolute atomic E-state index is 12.2. The standard InChI is InChI=1S/C16H20N4O/c1-10-4-2-7-13(17)11-5-3-6-12(8-11)15-14(9-18-20-15)19-16(10)21/h3,5-6,8-10,13H,2,4,7,17H2,1H3,(H,18,20)(H,19,21). The number of hydrogen-bond acceptors (Lipinski definition) is 3. The third kappa shape index (κ3) is 2.83. The molecule has 0 aliphatic carbocycles. The molecule has 5 nitrogen and oxygen atoms in total. The number of H-pyrrole nitrogens is 1. The summed E-state index contributed by atoms with van der Waals surface area (Å²) >= 11 is 0. The van der Waals surface area contributed by atoms with E-state index < -0.39 is 0 Å². The molecule has 4 N–H and O–H groups in total. The molecule has 0 radical (unpaired) electrons. The van der Waals surface area contributed by atoms with Gasteiger partial charge in [-0.25, -0.2) is 0 Å². The van der Waals surface area contributed by atoms with Gasteiger partial charge in [-0.3, -0.25) is 9.89 Å². The second kappa shape index (κ2) is 5.69. The Morgan fingerprint density at radius 2 is 2.19 bits per heavy atom. The number of nitrogens with two attached hydrogens (primary N) is 1. The van der Waals surface area contributed by atoms with Gasteiger partial charge in [-0.15, -0.1) is 0 Å². The Morgan fingerprint density at radius 1 is 1.33 bits per heavy atom. The molecule has 110 valence electrons. The normalized spacial score (nSPS) is 22.7. The predicted octanol–water partition coefficient (Wildman–Crippen LogP) is 2.83. The van der Waals surface area contributed by atoms with Gasteiger partial charge >= 0.3 is 0 Å². The van der Waals surface area contributed by atoms with Gasteiger partial charge in [0.25, 0.3) is 0 Å². The molecule has 1 aliphatic heterocycles. The van der Waals surface area contributed by atoms with Gasteiger partial charge in [0.15, 0.2) is 0 Å². The third-order valence-electron chi connectivity index (χ3n) is 4.10. The van der Waals surface area contributed by atoms with Crippen molar-refractivity contribution in [3.63, 3.8) is 0 Å². The number of carbonyl (C=O) groups is 1. The summed E-state index contributed by atoms with van der Waals surface area (Å²) in [6, 6.07) is 8.11. The lowest BCUT2D eigenvalue weighted by Gasteiger charge is -2.17. The Hall–Kier alpha value is -2.14. The molecule has 2 bridgehead atoms. The number of anilines is 1. The molecule has 1 aromatic heterocycles. The summed E-state index contributed by atoms with van der Waals surface area (Å²) in [5.41, 5.74) is 9.92. The number of carbonyl (C=O) groups excluding carboxylic acids is 1. The van der Waals surface area contributed by atoms with Gasteiger partial charge in [0, 0.05) is 17.5 Å². The molecule has 0 fully saturated rings. The van der Waals surface area contributed by atoms with E-state index in [1.54, 1.807) is 6.20 Å². The van der Waals surface area contributed by atoms with E-state index in [9.17, 15) is 4.79 Å². The fourth-order valence-electron chi connectivity index (χ4n) is 2.72. The number of aromatic amines is 1. The summed E-state index contributed by atoms with van der Waals surface area (Å²) in [6.07, 6.45) is 4.32. The van der Waals surface area contributed by atoms with Crippen LogP contribution in [-0.2, 0) is 4.79 Å². The van der Waals surface area contributed by atoms with Crippen LogP contribution in [0.3, 0.4) is 0 Å². The molecule has 2 unspecified atom stereocenters. The zero-order chi connectivity index (χ0) is 14.8. The van der Waals surface area contributed by atoms with Crippen molar-refractivity contribution in [1.29, 1.82) is 0 Å². The van der Waals surface area contributed by atoms with E-state index in [-0.39, 0.29) is 17.9 Å². The molecule has 0 saturated carbocycles. The van der Waals surface area contributed by atoms with Crippen LogP contribution in [0.4, 0.5) is 5.69 Å². The molecule has 2 atom stereocenters. The molecule has 1 aliphatic rings. The third-order valence-corrected chi connectivity index (χ3v) is 4.10. The highest BCUT2D eigenvalue weighted by atomic mass is 16.1. The van der Waals surface area contributed by atoms with Crippen LogP contribution < -0.4 is 11.1 Å². The first-order valence-corrected chi connectivity index (χ1v) is 7.35. The highest BCUT2D eigenvalue weighted by molar-refractivity contribution is 5.95. The molecule has 21 heavy (non-hydrogen) atoms. The Balaban J connectivity index is 2.05. The first kappa shape index (κ1) is 13.8. The van der Waals surface area contributed by atoms with Crippen molar-refractivity contribution in [2.45, 2.75) is 32.2 Å². The maximum Gasteiger partial charge on any atom is 0.227 e. The molecule has 1 amide bonds. The van der Waals surface area contributed by atoms with E-state index in [1.807, 2.05) is 19.1 Å². The minimum Gasteiger partial charge on any atom is -0.324 e. The number of aromatic nitrogens is 2. The predicted molar refractivity (Wildman–Crippen MR) is 82.6 cm³/mol. The largest absolute Gasteiger partial charge is 0.324 e. The molecule has 1 aromatic carbocycles. The van der Waals surface area contributed by atoms with Crippen molar-refractivity contribution in [3.8, 4) is 11.3 Å². The average molecular weight is 284 g/mol. The minimum atomic E-state index is -0.0299. The van der Waals surface area contributed by atoms with Crippen LogP contribution in [-0.4, -0.2) is 16.1 Å². The van der Waals surface area contributed by atoms with Crippen molar-refractivity contribution >= 4 is 11.6 Å². The number of nitrogens with zero attached hydrogens (tertiary/aromatic N) is 1. The molecule has 0 saturated heterocycles. The smallest absolute Gasteiger partial charge is 0.227 e. The van der Waals surface area contributed by atoms with Gasteiger partial charge < -0.3 is 11.1 Å². The summed E-state index contributed by atoms with van der Waals surface area (Å²) in [7, 11) is 0. The zero-order valence-electron chi connectivity index (χ0n) is 12.1. The molecule has 2 heterocycles. The second-order valence-corrected chi connectivity index (χ2v) is 5.71. The molecular formula is C16H20N4O. The number of fused-ring (bicyclic) bond motifs is 4. The molecule has 5 heteroatoms. The van der Waals surface area contributed by atoms with Crippen LogP contribution in [0.1, 0.15) is 37.8 Å². The number of nitrogens with one attached hydrogen (secondary N) is 2. The summed E-state index contributed by atoms with van der Waals surface area (Å²) in [4.78, 5) is 12.2. The molecule has 2 aromatic rings. The highest BCUT2D eigenvalue weighted by Gasteiger charge is 2.18. The van der Waals surface area contributed by atoms with Crippen LogP contribution in [0.25, 0.3) is 11.3 Å². The lowest BCUT2D eigenvalue weighted by molar-refractivity contribution is -0.119. The Labute approximate surface area is 123 Å². The van der Waals surface area contributed by atoms with Gasteiger partial charge in [0.2, 0.25) is 5.91 Å². The Bertz CT molecular complexity index is 649. The lowest BCUT2D eigenvalue weighted by atomic mass is 9.95. The van der Waals surface area contributed by atoms with Crippen LogP contribution in [0.15, 0.2) is 30.5 Å². The van der Waals surface area contributed by atoms with Gasteiger partial charge in [0.1, 0.15) is 0 Å². The summed E-state index contributed by atoms with van der Waals surface area (Å²) in [6.45, 7) is 1.95. The quantitative estimate of drug-likeness (QED) is 0.695. The Morgan fingerprint density at radius 3 is 3.05 bits per heavy atom. The summed E-state index contributed by atoms with van der Waals surface area (Å²) in [5.74, 6) is 0.000618. The average Bonchev–Trinajstić information content (AvgIpc) is 2.94. The topological polar surface area (TPSA) is 83.8 Å². The van der Waals surface area contributed by atoms with Crippen molar-refractivity contribution in [1.82, 2.24) is 10.2 Å². The van der Waals surface area contributed by atoms with E-state index in [0.29, 0.717) is 0 Å². The molecule has 0 spiro atoms. The number of benzene rings is 1. The SMILES string of the molecule is CC1CCCC(N)c2cccc(c2)-c2[nH]ncc2NC1=O. The van der Waals surface area contributed by atoms with Crippen molar-refractivity contribution in [2.75, 3.05) is 5.32 Å². The van der Waals surface area contributed by atoms with Crippen molar-refractivity contribution in [3.05, 3.63) is 36.0 Å². The van der Waals surface area contributed by atoms with Crippen molar-refractivity contribution in [2.24, 2.45) is 11.7 Å². The van der Waals surface area contributed by atoms with Gasteiger partial charge in [-0.1, -0.05) is 31.5 Å². The fraction of sp³-hybridized carbons (Fsp3) is 0.375. The van der Waals surface area contributed by atoms with Gasteiger partial charge in [-0.2, -0.15) is 5.10 Å². The first-order chi connectivity index (χ1) is 10.1. The zero-order valence-corrected chi connectivity index (χ0v) is 12.1. The summed E-state index contributed by atoms with van der Waals surface area (Å²) < 4.78 is 0. The van der Waals surface area contributed by atoms with E-state index in [1.165, 1.54) is 0 Å². The van der Waals surface area contributed by atoms with Crippen LogP contribution >= 0.6 is 0 Å². The van der Waals surface area contributed by atoms with E-state index in [0.717, 1.165) is 41.8 Å². The summed E-state index contributed by atoms with van der Waals surface area (Å²) in [5, 5.41) is 9.98. The minimum absolute atomic E-state index is 0.00556. The van der Waals surface area contributed by atoms with E-state index >= 15 is 0 Å². The van der Waals surface area contributed by atoms with Gasteiger partial charge in [0.05, 0.1) is 17.6 Å². The van der Waals surface area contributed by atoms with Crippen LogP contribution in [0, 0.1) is 5.92 Å². The van der Waals surface area contributed by atoms with Crippen LogP contribution in [0.5, 0.6) is 0 Å². The number of amides is 1. The van der Waals surface area contributed by atoms with E-state index in [2.05, 4.69) is 27.6 Å². The van der Waals surface area contributed by atoms with E-state index in [4.69, 9.17) is 5.73 Å². The maximum atomic E-state index is 12.2. The second-order valence-electron chi connectivity index (χ2n) is 5.71. The molecular weight excluding hydrogens is 264 g/mol. The highest BCUT2D eigenvalue weighted by Crippen LogP contribution is 2.30. The fourth-order valence-corrected chi connectivity index (χ4v) is 2.72. The monoisotopic (exact) mass is 284 g/mol. The van der Waals surface area contributed by atoms with Crippen LogP contribution in [0.2, 0.25) is 0 Å². The lowest BCUT2D eigenvalue weighted by Crippen LogP contribution is -2.21. The van der Waals surface area contributed by atoms with Crippen molar-refractivity contribution < 1.29 is 4.79 Å². The Kier molecular flexibility index (Phi) is 3.75.